The van der Waals surface area contributed by atoms with Crippen LogP contribution < -0.4 is 0 Å². The number of nitro benzene ring substituents is 1. The Morgan fingerprint density at radius 1 is 1.25 bits per heavy atom. The van der Waals surface area contributed by atoms with E-state index in [4.69, 9.17) is 0 Å². The molecule has 0 aromatic heterocycles. The maximum absolute atomic E-state index is 12.0. The summed E-state index contributed by atoms with van der Waals surface area (Å²) in [6.07, 6.45) is 4.71. The molecule has 0 N–H and O–H groups in total. The largest absolute Gasteiger partial charge is 0.339 e. The maximum atomic E-state index is 12.0. The zero-order valence-electron chi connectivity index (χ0n) is 11.9. The van der Waals surface area contributed by atoms with Crippen molar-refractivity contribution in [1.82, 2.24) is 4.90 Å². The molecule has 0 spiro atoms. The number of rotatable bonds is 7. The van der Waals surface area contributed by atoms with Gasteiger partial charge in [-0.1, -0.05) is 26.0 Å². The van der Waals surface area contributed by atoms with Crippen LogP contribution in [0.3, 0.4) is 0 Å². The fraction of sp³-hybridized carbons (Fsp3) is 0.400. The van der Waals surface area contributed by atoms with Gasteiger partial charge in [0.1, 0.15) is 0 Å². The summed E-state index contributed by atoms with van der Waals surface area (Å²) in [4.78, 5) is 24.2. The third-order valence-corrected chi connectivity index (χ3v) is 2.84. The van der Waals surface area contributed by atoms with Gasteiger partial charge < -0.3 is 4.90 Å². The predicted molar refractivity (Wildman–Crippen MR) is 79.3 cm³/mol. The summed E-state index contributed by atoms with van der Waals surface area (Å²) in [6.45, 7) is 5.44. The monoisotopic (exact) mass is 276 g/mol. The molecule has 0 aliphatic rings. The van der Waals surface area contributed by atoms with Crippen molar-refractivity contribution in [3.8, 4) is 0 Å². The molecule has 0 aliphatic heterocycles. The average Bonchev–Trinajstić information content (AvgIpc) is 2.44. The zero-order chi connectivity index (χ0) is 15.0. The Kier molecular flexibility index (Phi) is 6.43. The Morgan fingerprint density at radius 3 is 2.40 bits per heavy atom. The molecular formula is C15H20N2O3. The van der Waals surface area contributed by atoms with Crippen LogP contribution >= 0.6 is 0 Å². The molecule has 108 valence electrons. The first-order valence-corrected chi connectivity index (χ1v) is 6.80. The van der Waals surface area contributed by atoms with Crippen LogP contribution in [0.5, 0.6) is 0 Å². The van der Waals surface area contributed by atoms with Gasteiger partial charge in [-0.15, -0.1) is 0 Å². The van der Waals surface area contributed by atoms with Crippen molar-refractivity contribution >= 4 is 17.7 Å². The van der Waals surface area contributed by atoms with E-state index in [0.717, 1.165) is 12.8 Å². The van der Waals surface area contributed by atoms with E-state index < -0.39 is 4.92 Å². The summed E-state index contributed by atoms with van der Waals surface area (Å²) in [7, 11) is 0. The molecule has 5 heteroatoms. The number of hydrogen-bond donors (Lipinski definition) is 0. The van der Waals surface area contributed by atoms with Gasteiger partial charge in [-0.3, -0.25) is 14.9 Å². The first-order chi connectivity index (χ1) is 9.60. The first kappa shape index (κ1) is 15.9. The summed E-state index contributed by atoms with van der Waals surface area (Å²) in [5, 5.41) is 10.9. The van der Waals surface area contributed by atoms with E-state index >= 15 is 0 Å². The fourth-order valence-corrected chi connectivity index (χ4v) is 1.93. The molecule has 0 atom stereocenters. The molecule has 1 amide bonds. The second kappa shape index (κ2) is 8.09. The molecule has 5 nitrogen and oxygen atoms in total. The Hall–Kier alpha value is -2.17. The number of hydrogen-bond acceptors (Lipinski definition) is 3. The van der Waals surface area contributed by atoms with E-state index in [1.54, 1.807) is 23.1 Å². The minimum absolute atomic E-state index is 0.00841. The molecule has 1 aromatic rings. The standard InChI is InChI=1S/C15H20N2O3/c1-3-11-16(12-4-2)15(18)10-9-13-7-5-6-8-14(13)17(19)20/h5-10H,3-4,11-12H2,1-2H3/b10-9+. The van der Waals surface area contributed by atoms with Gasteiger partial charge in [-0.05, 0) is 25.0 Å². The molecule has 0 saturated carbocycles. The van der Waals surface area contributed by atoms with Crippen LogP contribution in [0.4, 0.5) is 5.69 Å². The third-order valence-electron chi connectivity index (χ3n) is 2.84. The van der Waals surface area contributed by atoms with Gasteiger partial charge in [0.2, 0.25) is 5.91 Å². The third kappa shape index (κ3) is 4.50. The highest BCUT2D eigenvalue weighted by Gasteiger charge is 2.11. The van der Waals surface area contributed by atoms with Crippen LogP contribution in [0.15, 0.2) is 30.3 Å². The van der Waals surface area contributed by atoms with E-state index in [2.05, 4.69) is 0 Å². The summed E-state index contributed by atoms with van der Waals surface area (Å²) in [5.41, 5.74) is 0.452. The Bertz CT molecular complexity index is 492. The SMILES string of the molecule is CCCN(CCC)C(=O)/C=C/c1ccccc1[N+](=O)[O-]. The Labute approximate surface area is 119 Å². The molecule has 0 radical (unpaired) electrons. The van der Waals surface area contributed by atoms with Crippen molar-refractivity contribution in [1.29, 1.82) is 0 Å². The van der Waals surface area contributed by atoms with Crippen LogP contribution in [0.1, 0.15) is 32.3 Å². The second-order valence-electron chi connectivity index (χ2n) is 4.47. The van der Waals surface area contributed by atoms with Crippen molar-refractivity contribution in [2.24, 2.45) is 0 Å². The first-order valence-electron chi connectivity index (χ1n) is 6.80. The number of nitrogens with zero attached hydrogens (tertiary/aromatic N) is 2. The molecule has 20 heavy (non-hydrogen) atoms. The van der Waals surface area contributed by atoms with E-state index in [1.165, 1.54) is 18.2 Å². The normalized spacial score (nSPS) is 10.7. The van der Waals surface area contributed by atoms with Crippen molar-refractivity contribution in [2.45, 2.75) is 26.7 Å². The van der Waals surface area contributed by atoms with Gasteiger partial charge in [0, 0.05) is 25.2 Å². The summed E-state index contributed by atoms with van der Waals surface area (Å²) in [6, 6.07) is 6.39. The van der Waals surface area contributed by atoms with Gasteiger partial charge >= 0.3 is 0 Å². The molecule has 0 unspecified atom stereocenters. The van der Waals surface area contributed by atoms with Crippen molar-refractivity contribution in [2.75, 3.05) is 13.1 Å². The lowest BCUT2D eigenvalue weighted by Gasteiger charge is -2.19. The molecule has 1 rings (SSSR count). The summed E-state index contributed by atoms with van der Waals surface area (Å²) >= 11 is 0. The molecule has 0 heterocycles. The zero-order valence-corrected chi connectivity index (χ0v) is 11.9. The smallest absolute Gasteiger partial charge is 0.276 e. The van der Waals surface area contributed by atoms with E-state index in [1.807, 2.05) is 13.8 Å². The molecule has 0 fully saturated rings. The number of para-hydroxylation sites is 1. The lowest BCUT2D eigenvalue weighted by molar-refractivity contribution is -0.385. The van der Waals surface area contributed by atoms with Crippen molar-refractivity contribution < 1.29 is 9.72 Å². The van der Waals surface area contributed by atoms with Crippen LogP contribution in [-0.2, 0) is 4.79 Å². The lowest BCUT2D eigenvalue weighted by atomic mass is 10.1. The topological polar surface area (TPSA) is 63.5 Å². The van der Waals surface area contributed by atoms with Gasteiger partial charge in [-0.2, -0.15) is 0 Å². The van der Waals surface area contributed by atoms with Crippen LogP contribution in [0, 0.1) is 10.1 Å². The Balaban J connectivity index is 2.86. The molecule has 0 aliphatic carbocycles. The van der Waals surface area contributed by atoms with Crippen molar-refractivity contribution in [3.63, 3.8) is 0 Å². The van der Waals surface area contributed by atoms with Crippen LogP contribution in [-0.4, -0.2) is 28.8 Å². The highest BCUT2D eigenvalue weighted by atomic mass is 16.6. The number of benzene rings is 1. The maximum Gasteiger partial charge on any atom is 0.276 e. The van der Waals surface area contributed by atoms with E-state index in [9.17, 15) is 14.9 Å². The molecule has 0 bridgehead atoms. The quantitative estimate of drug-likeness (QED) is 0.436. The van der Waals surface area contributed by atoms with Gasteiger partial charge in [-0.25, -0.2) is 0 Å². The van der Waals surface area contributed by atoms with Crippen LogP contribution in [0.25, 0.3) is 6.08 Å². The van der Waals surface area contributed by atoms with Gasteiger partial charge in [0.25, 0.3) is 5.69 Å². The fourth-order valence-electron chi connectivity index (χ4n) is 1.93. The Morgan fingerprint density at radius 2 is 1.85 bits per heavy atom. The highest BCUT2D eigenvalue weighted by Crippen LogP contribution is 2.19. The second-order valence-corrected chi connectivity index (χ2v) is 4.47. The minimum atomic E-state index is -0.444. The number of carbonyl (C=O) groups excluding carboxylic acids is 1. The van der Waals surface area contributed by atoms with E-state index in [-0.39, 0.29) is 11.6 Å². The minimum Gasteiger partial charge on any atom is -0.339 e. The van der Waals surface area contributed by atoms with Gasteiger partial charge in [0.15, 0.2) is 0 Å². The number of nitro groups is 1. The number of amides is 1. The lowest BCUT2D eigenvalue weighted by Crippen LogP contribution is -2.30. The summed E-state index contributed by atoms with van der Waals surface area (Å²) < 4.78 is 0. The summed E-state index contributed by atoms with van der Waals surface area (Å²) in [5.74, 6) is -0.105. The number of carbonyl (C=O) groups is 1. The van der Waals surface area contributed by atoms with E-state index in [0.29, 0.717) is 18.7 Å². The highest BCUT2D eigenvalue weighted by molar-refractivity contribution is 5.92. The predicted octanol–water partition coefficient (Wildman–Crippen LogP) is 3.26. The molecular weight excluding hydrogens is 256 g/mol. The molecule has 0 saturated heterocycles. The average molecular weight is 276 g/mol. The van der Waals surface area contributed by atoms with Gasteiger partial charge in [0.05, 0.1) is 10.5 Å². The molecule has 1 aromatic carbocycles. The van der Waals surface area contributed by atoms with Crippen LogP contribution in [0.2, 0.25) is 0 Å². The van der Waals surface area contributed by atoms with Crippen molar-refractivity contribution in [3.05, 3.63) is 46.0 Å².